The first-order valence-corrected chi connectivity index (χ1v) is 10.8. The second-order valence-corrected chi connectivity index (χ2v) is 8.90. The van der Waals surface area contributed by atoms with Gasteiger partial charge in [-0.3, -0.25) is 9.59 Å². The summed E-state index contributed by atoms with van der Waals surface area (Å²) in [5, 5.41) is 4.54. The second kappa shape index (κ2) is 8.03. The predicted molar refractivity (Wildman–Crippen MR) is 118 cm³/mol. The van der Waals surface area contributed by atoms with E-state index in [0.717, 1.165) is 29.8 Å². The van der Waals surface area contributed by atoms with Crippen LogP contribution in [0.4, 0.5) is 4.39 Å². The van der Waals surface area contributed by atoms with Crippen molar-refractivity contribution in [3.05, 3.63) is 51.5 Å². The predicted octanol–water partition coefficient (Wildman–Crippen LogP) is 2.55. The molecule has 2 N–H and O–H groups in total. The van der Waals surface area contributed by atoms with Crippen LogP contribution in [-0.4, -0.2) is 32.3 Å². The summed E-state index contributed by atoms with van der Waals surface area (Å²) >= 11 is 0. The average Bonchev–Trinajstić information content (AvgIpc) is 3.03. The van der Waals surface area contributed by atoms with Crippen molar-refractivity contribution in [2.45, 2.75) is 57.4 Å². The third kappa shape index (κ3) is 3.55. The third-order valence-corrected chi connectivity index (χ3v) is 6.50. The number of aryl methyl sites for hydroxylation is 3. The Hall–Kier alpha value is -3.23. The number of carbonyl (C=O) groups is 1. The van der Waals surface area contributed by atoms with Crippen LogP contribution in [0.3, 0.4) is 0 Å². The van der Waals surface area contributed by atoms with E-state index in [-0.39, 0.29) is 5.82 Å². The summed E-state index contributed by atoms with van der Waals surface area (Å²) in [6.45, 7) is 3.14. The number of nitrogens with zero attached hydrogens (tertiary/aromatic N) is 4. The number of imidazole rings is 1. The molecule has 1 fully saturated rings. The van der Waals surface area contributed by atoms with Gasteiger partial charge in [-0.05, 0) is 63.3 Å². The minimum Gasteiger partial charge on any atom is -0.496 e. The van der Waals surface area contributed by atoms with Crippen molar-refractivity contribution in [3.8, 4) is 5.75 Å². The molecule has 1 amide bonds. The SMILES string of the molecule is COc1ccc(F)cc1CCc1nn(C(C)(C)C(N)=O)c(=O)c2c1nc(C1CCC1)n2C. The topological polar surface area (TPSA) is 105 Å². The quantitative estimate of drug-likeness (QED) is 0.607. The Labute approximate surface area is 185 Å². The summed E-state index contributed by atoms with van der Waals surface area (Å²) in [6.07, 6.45) is 4.00. The van der Waals surface area contributed by atoms with Crippen LogP contribution in [0.2, 0.25) is 0 Å². The normalized spacial score (nSPS) is 14.5. The van der Waals surface area contributed by atoms with Gasteiger partial charge in [0.2, 0.25) is 5.91 Å². The Kier molecular flexibility index (Phi) is 5.52. The zero-order chi connectivity index (χ0) is 23.2. The van der Waals surface area contributed by atoms with E-state index >= 15 is 0 Å². The van der Waals surface area contributed by atoms with E-state index in [1.807, 2.05) is 11.6 Å². The Morgan fingerprint density at radius 2 is 2.03 bits per heavy atom. The number of rotatable bonds is 7. The van der Waals surface area contributed by atoms with Crippen molar-refractivity contribution >= 4 is 16.9 Å². The van der Waals surface area contributed by atoms with Crippen molar-refractivity contribution in [2.24, 2.45) is 12.8 Å². The number of carbonyl (C=O) groups excluding carboxylic acids is 1. The molecular formula is C23H28FN5O3. The van der Waals surface area contributed by atoms with Gasteiger partial charge in [-0.15, -0.1) is 0 Å². The number of amides is 1. The largest absolute Gasteiger partial charge is 0.496 e. The molecule has 2 aromatic heterocycles. The fourth-order valence-corrected chi connectivity index (χ4v) is 4.15. The number of hydrogen-bond donors (Lipinski definition) is 1. The van der Waals surface area contributed by atoms with Gasteiger partial charge >= 0.3 is 0 Å². The molecule has 1 saturated carbocycles. The molecule has 32 heavy (non-hydrogen) atoms. The lowest BCUT2D eigenvalue weighted by Gasteiger charge is -2.24. The van der Waals surface area contributed by atoms with Crippen LogP contribution < -0.4 is 16.0 Å². The molecule has 9 heteroatoms. The van der Waals surface area contributed by atoms with Crippen LogP contribution in [0.1, 0.15) is 56.1 Å². The van der Waals surface area contributed by atoms with Crippen LogP contribution in [0, 0.1) is 5.82 Å². The molecule has 0 unspecified atom stereocenters. The number of ether oxygens (including phenoxy) is 1. The highest BCUT2D eigenvalue weighted by atomic mass is 19.1. The summed E-state index contributed by atoms with van der Waals surface area (Å²) in [4.78, 5) is 30.3. The number of primary amides is 1. The summed E-state index contributed by atoms with van der Waals surface area (Å²) < 4.78 is 22.2. The van der Waals surface area contributed by atoms with Crippen molar-refractivity contribution in [1.29, 1.82) is 0 Å². The molecule has 8 nitrogen and oxygen atoms in total. The van der Waals surface area contributed by atoms with Gasteiger partial charge in [0.15, 0.2) is 0 Å². The van der Waals surface area contributed by atoms with Crippen molar-refractivity contribution < 1.29 is 13.9 Å². The molecule has 0 spiro atoms. The van der Waals surface area contributed by atoms with E-state index < -0.39 is 17.0 Å². The Balaban J connectivity index is 1.87. The smallest absolute Gasteiger partial charge is 0.293 e. The monoisotopic (exact) mass is 441 g/mol. The Morgan fingerprint density at radius 3 is 2.62 bits per heavy atom. The number of nitrogens with two attached hydrogens (primary N) is 1. The van der Waals surface area contributed by atoms with Gasteiger partial charge in [0, 0.05) is 13.0 Å². The van der Waals surface area contributed by atoms with E-state index in [9.17, 15) is 14.0 Å². The van der Waals surface area contributed by atoms with Gasteiger partial charge in [-0.1, -0.05) is 6.42 Å². The van der Waals surface area contributed by atoms with Gasteiger partial charge in [-0.2, -0.15) is 5.10 Å². The van der Waals surface area contributed by atoms with Crippen LogP contribution in [0.25, 0.3) is 11.0 Å². The summed E-state index contributed by atoms with van der Waals surface area (Å²) in [7, 11) is 3.36. The molecule has 0 bridgehead atoms. The number of halogens is 1. The summed E-state index contributed by atoms with van der Waals surface area (Å²) in [6, 6.07) is 4.36. The van der Waals surface area contributed by atoms with E-state index in [1.54, 1.807) is 19.9 Å². The van der Waals surface area contributed by atoms with Gasteiger partial charge in [0.05, 0.1) is 12.8 Å². The lowest BCUT2D eigenvalue weighted by atomic mass is 9.85. The van der Waals surface area contributed by atoms with Gasteiger partial charge in [-0.25, -0.2) is 14.1 Å². The van der Waals surface area contributed by atoms with Crippen LogP contribution in [-0.2, 0) is 30.2 Å². The molecule has 1 aliphatic rings. The lowest BCUT2D eigenvalue weighted by Crippen LogP contribution is -2.48. The maximum Gasteiger partial charge on any atom is 0.293 e. The first-order valence-electron chi connectivity index (χ1n) is 10.8. The molecule has 0 saturated heterocycles. The molecule has 4 rings (SSSR count). The molecule has 170 valence electrons. The fraction of sp³-hybridized carbons (Fsp3) is 0.478. The number of aromatic nitrogens is 4. The zero-order valence-electron chi connectivity index (χ0n) is 18.8. The van der Waals surface area contributed by atoms with Gasteiger partial charge < -0.3 is 15.0 Å². The molecule has 0 radical (unpaired) electrons. The molecule has 0 aliphatic heterocycles. The van der Waals surface area contributed by atoms with E-state index in [4.69, 9.17) is 15.5 Å². The van der Waals surface area contributed by atoms with Crippen molar-refractivity contribution in [3.63, 3.8) is 0 Å². The van der Waals surface area contributed by atoms with Gasteiger partial charge in [0.25, 0.3) is 5.56 Å². The van der Waals surface area contributed by atoms with Crippen LogP contribution in [0.5, 0.6) is 5.75 Å². The molecule has 2 heterocycles. The van der Waals surface area contributed by atoms with Crippen molar-refractivity contribution in [1.82, 2.24) is 19.3 Å². The highest BCUT2D eigenvalue weighted by molar-refractivity contribution is 5.83. The minimum atomic E-state index is -1.32. The molecule has 1 aromatic carbocycles. The highest BCUT2D eigenvalue weighted by Crippen LogP contribution is 2.37. The molecule has 0 atom stereocenters. The third-order valence-electron chi connectivity index (χ3n) is 6.50. The highest BCUT2D eigenvalue weighted by Gasteiger charge is 2.33. The maximum absolute atomic E-state index is 13.8. The molecular weight excluding hydrogens is 413 g/mol. The summed E-state index contributed by atoms with van der Waals surface area (Å²) in [5.74, 6) is 0.712. The standard InChI is InChI=1S/C23H28FN5O3/c1-23(2,22(25)31)29-21(30)19-18(26-20(28(19)3)13-6-5-7-13)16(27-29)10-8-14-12-15(24)9-11-17(14)32-4/h9,11-13H,5-8,10H2,1-4H3,(H2,25,31). The van der Waals surface area contributed by atoms with Crippen molar-refractivity contribution in [2.75, 3.05) is 7.11 Å². The maximum atomic E-state index is 13.8. The first kappa shape index (κ1) is 22.0. The number of hydrogen-bond acceptors (Lipinski definition) is 5. The van der Waals surface area contributed by atoms with E-state index in [1.165, 1.54) is 19.2 Å². The second-order valence-electron chi connectivity index (χ2n) is 8.90. The fourth-order valence-electron chi connectivity index (χ4n) is 4.15. The Morgan fingerprint density at radius 1 is 1.31 bits per heavy atom. The van der Waals surface area contributed by atoms with E-state index in [2.05, 4.69) is 5.10 Å². The zero-order valence-corrected chi connectivity index (χ0v) is 18.8. The van der Waals surface area contributed by atoms with E-state index in [0.29, 0.717) is 46.8 Å². The van der Waals surface area contributed by atoms with Crippen LogP contribution >= 0.6 is 0 Å². The summed E-state index contributed by atoms with van der Waals surface area (Å²) in [5.41, 5.74) is 6.02. The van der Waals surface area contributed by atoms with Crippen LogP contribution in [0.15, 0.2) is 23.0 Å². The molecule has 3 aromatic rings. The average molecular weight is 442 g/mol. The molecule has 1 aliphatic carbocycles. The van der Waals surface area contributed by atoms with Gasteiger partial charge in [0.1, 0.15) is 34.0 Å². The lowest BCUT2D eigenvalue weighted by molar-refractivity contribution is -0.125. The first-order chi connectivity index (χ1) is 15.1. The Bertz CT molecular complexity index is 1260. The number of fused-ring (bicyclic) bond motifs is 1. The number of methoxy groups -OCH3 is 1. The number of benzene rings is 1. The minimum absolute atomic E-state index is 0.306.